The first-order valence-corrected chi connectivity index (χ1v) is 6.59. The number of carbonyl (C=O) groups is 2. The lowest BCUT2D eigenvalue weighted by atomic mass is 10.1. The number of rotatable bonds is 4. The smallest absolute Gasteiger partial charge is 0.324 e. The summed E-state index contributed by atoms with van der Waals surface area (Å²) >= 11 is 0. The fourth-order valence-electron chi connectivity index (χ4n) is 1.87. The van der Waals surface area contributed by atoms with Crippen LogP contribution in [0.3, 0.4) is 0 Å². The minimum atomic E-state index is -1.06. The summed E-state index contributed by atoms with van der Waals surface area (Å²) in [4.78, 5) is 37.7. The van der Waals surface area contributed by atoms with E-state index >= 15 is 0 Å². The van der Waals surface area contributed by atoms with Gasteiger partial charge in [0.1, 0.15) is 17.2 Å². The molecule has 2 aromatic rings. The van der Waals surface area contributed by atoms with Gasteiger partial charge in [-0.15, -0.1) is 0 Å². The molecule has 0 bridgehead atoms. The molecule has 24 heavy (non-hydrogen) atoms. The van der Waals surface area contributed by atoms with Crippen LogP contribution in [0, 0.1) is 5.82 Å². The lowest BCUT2D eigenvalue weighted by Gasteiger charge is -2.11. The summed E-state index contributed by atoms with van der Waals surface area (Å²) < 4.78 is 12.8. The van der Waals surface area contributed by atoms with E-state index in [1.165, 1.54) is 17.6 Å². The average molecular weight is 336 g/mol. The van der Waals surface area contributed by atoms with E-state index in [1.54, 1.807) is 0 Å². The predicted octanol–water partition coefficient (Wildman–Crippen LogP) is 0.769. The number of aliphatic hydroxyl groups is 1. The van der Waals surface area contributed by atoms with E-state index < -0.39 is 35.4 Å². The van der Waals surface area contributed by atoms with Gasteiger partial charge in [0.15, 0.2) is 0 Å². The maximum atomic E-state index is 12.8. The third kappa shape index (κ3) is 3.74. The van der Waals surface area contributed by atoms with Crippen molar-refractivity contribution in [2.45, 2.75) is 6.61 Å². The number of benzene rings is 1. The van der Waals surface area contributed by atoms with Gasteiger partial charge in [0.2, 0.25) is 5.43 Å². The van der Waals surface area contributed by atoms with Crippen LogP contribution in [0.25, 0.3) is 0 Å². The number of halogens is 1. The Hall–Kier alpha value is -3.24. The van der Waals surface area contributed by atoms with Gasteiger partial charge in [-0.3, -0.25) is 20.1 Å². The molecule has 0 saturated carbocycles. The van der Waals surface area contributed by atoms with Crippen LogP contribution in [0.5, 0.6) is 0 Å². The molecule has 1 aromatic carbocycles. The molecule has 0 atom stereocenters. The number of hydrogen-bond acceptors (Lipinski definition) is 5. The molecule has 3 amide bonds. The number of nitrogens with one attached hydrogen (secondary N) is 4. The van der Waals surface area contributed by atoms with Crippen LogP contribution in [0.2, 0.25) is 0 Å². The van der Waals surface area contributed by atoms with Gasteiger partial charge >= 0.3 is 6.03 Å². The summed E-state index contributed by atoms with van der Waals surface area (Å²) in [5.74, 6) is -1.66. The van der Waals surface area contributed by atoms with E-state index in [2.05, 4.69) is 15.6 Å². The summed E-state index contributed by atoms with van der Waals surface area (Å²) in [5.41, 5.74) is 0.0309. The zero-order valence-electron chi connectivity index (χ0n) is 12.1. The second kappa shape index (κ2) is 7.35. The molecule has 0 aliphatic carbocycles. The monoisotopic (exact) mass is 336 g/mol. The molecule has 0 unspecified atom stereocenters. The molecule has 0 radical (unpaired) electrons. The van der Waals surface area contributed by atoms with Crippen LogP contribution in [-0.2, 0) is 6.61 Å². The normalized spacial score (nSPS) is 10.1. The van der Waals surface area contributed by atoms with Crippen LogP contribution in [0.1, 0.15) is 15.9 Å². The quantitative estimate of drug-likeness (QED) is 0.361. The standard InChI is InChI=1S/C14H13FN4O5/c15-7-1-3-8(4-2-7)17-14(23)18-12-10(6-20)11(21)9(5-16-12)13(22)19-24/h1-5,20,24H,6H2,(H,19,22)(H3,16,17,18,21,23). The van der Waals surface area contributed by atoms with Crippen molar-refractivity contribution in [2.75, 3.05) is 10.6 Å². The molecule has 6 N–H and O–H groups in total. The Balaban J connectivity index is 2.21. The first-order chi connectivity index (χ1) is 11.5. The van der Waals surface area contributed by atoms with Gasteiger partial charge in [0, 0.05) is 11.9 Å². The number of urea groups is 1. The lowest BCUT2D eigenvalue weighted by Crippen LogP contribution is -2.30. The largest absolute Gasteiger partial charge is 0.391 e. The summed E-state index contributed by atoms with van der Waals surface area (Å²) in [6.45, 7) is -0.756. The van der Waals surface area contributed by atoms with Crippen molar-refractivity contribution in [3.8, 4) is 0 Å². The minimum absolute atomic E-state index is 0.128. The number of carbonyl (C=O) groups excluding carboxylic acids is 2. The minimum Gasteiger partial charge on any atom is -0.391 e. The highest BCUT2D eigenvalue weighted by molar-refractivity contribution is 6.00. The van der Waals surface area contributed by atoms with Crippen molar-refractivity contribution in [1.82, 2.24) is 10.5 Å². The van der Waals surface area contributed by atoms with E-state index in [9.17, 15) is 23.9 Å². The second-order valence-electron chi connectivity index (χ2n) is 4.57. The van der Waals surface area contributed by atoms with Crippen LogP contribution in [0.4, 0.5) is 20.7 Å². The van der Waals surface area contributed by atoms with Crippen LogP contribution >= 0.6 is 0 Å². The Bertz CT molecular complexity index is 819. The number of aromatic nitrogens is 1. The molecular weight excluding hydrogens is 323 g/mol. The molecule has 1 heterocycles. The van der Waals surface area contributed by atoms with Gasteiger partial charge in [-0.25, -0.2) is 14.7 Å². The Morgan fingerprint density at radius 2 is 1.83 bits per heavy atom. The number of aliphatic hydroxyl groups excluding tert-OH is 1. The average Bonchev–Trinajstić information content (AvgIpc) is 2.56. The van der Waals surface area contributed by atoms with Crippen molar-refractivity contribution >= 4 is 23.4 Å². The van der Waals surface area contributed by atoms with E-state index in [4.69, 9.17) is 5.21 Å². The third-order valence-electron chi connectivity index (χ3n) is 3.03. The van der Waals surface area contributed by atoms with Crippen LogP contribution in [-0.4, -0.2) is 27.2 Å². The predicted molar refractivity (Wildman–Crippen MR) is 81.3 cm³/mol. The van der Waals surface area contributed by atoms with Crippen molar-refractivity contribution < 1.29 is 24.3 Å². The fraction of sp³-hybridized carbons (Fsp3) is 0.0714. The van der Waals surface area contributed by atoms with Crippen molar-refractivity contribution in [1.29, 1.82) is 0 Å². The Morgan fingerprint density at radius 1 is 1.17 bits per heavy atom. The first kappa shape index (κ1) is 17.1. The highest BCUT2D eigenvalue weighted by atomic mass is 19.1. The molecule has 0 aliphatic rings. The Labute approximate surface area is 134 Å². The molecule has 0 fully saturated rings. The topological polar surface area (TPSA) is 144 Å². The van der Waals surface area contributed by atoms with Gasteiger partial charge in [-0.2, -0.15) is 0 Å². The Kier molecular flexibility index (Phi) is 5.24. The molecule has 0 saturated heterocycles. The Morgan fingerprint density at radius 3 is 2.42 bits per heavy atom. The lowest BCUT2D eigenvalue weighted by molar-refractivity contribution is 0.0704. The van der Waals surface area contributed by atoms with E-state index in [0.29, 0.717) is 5.69 Å². The summed E-state index contributed by atoms with van der Waals surface area (Å²) in [7, 11) is 0. The van der Waals surface area contributed by atoms with Gasteiger partial charge in [-0.1, -0.05) is 0 Å². The number of aromatic amines is 1. The molecule has 10 heteroatoms. The molecule has 0 aliphatic heterocycles. The number of hydroxylamine groups is 1. The summed E-state index contributed by atoms with van der Waals surface area (Å²) in [6.07, 6.45) is 0.973. The number of hydrogen-bond donors (Lipinski definition) is 6. The van der Waals surface area contributed by atoms with E-state index in [-0.39, 0.29) is 11.4 Å². The maximum Gasteiger partial charge on any atom is 0.324 e. The zero-order valence-corrected chi connectivity index (χ0v) is 12.1. The van der Waals surface area contributed by atoms with Crippen LogP contribution in [0.15, 0.2) is 35.3 Å². The highest BCUT2D eigenvalue weighted by Crippen LogP contribution is 2.12. The van der Waals surface area contributed by atoms with Gasteiger partial charge in [0.05, 0.1) is 12.2 Å². The number of amides is 3. The zero-order chi connectivity index (χ0) is 17.7. The fourth-order valence-corrected chi connectivity index (χ4v) is 1.87. The number of pyridine rings is 1. The SMILES string of the molecule is O=C(Nc1ccc(F)cc1)Nc1[nH]cc(C(=O)NO)c(=O)c1CO. The maximum absolute atomic E-state index is 12.8. The number of anilines is 2. The molecule has 126 valence electrons. The molecule has 2 rings (SSSR count). The van der Waals surface area contributed by atoms with Crippen molar-refractivity contribution in [3.05, 3.63) is 57.6 Å². The van der Waals surface area contributed by atoms with Gasteiger partial charge in [0.25, 0.3) is 5.91 Å². The van der Waals surface area contributed by atoms with Crippen molar-refractivity contribution in [2.24, 2.45) is 0 Å². The van der Waals surface area contributed by atoms with Crippen molar-refractivity contribution in [3.63, 3.8) is 0 Å². The second-order valence-corrected chi connectivity index (χ2v) is 4.57. The van der Waals surface area contributed by atoms with Gasteiger partial charge in [-0.05, 0) is 24.3 Å². The van der Waals surface area contributed by atoms with E-state index in [0.717, 1.165) is 18.3 Å². The summed E-state index contributed by atoms with van der Waals surface area (Å²) in [5, 5.41) is 22.5. The van der Waals surface area contributed by atoms with Crippen LogP contribution < -0.4 is 21.5 Å². The molecule has 0 spiro atoms. The van der Waals surface area contributed by atoms with E-state index in [1.807, 2.05) is 0 Å². The highest BCUT2D eigenvalue weighted by Gasteiger charge is 2.17. The molecule has 1 aromatic heterocycles. The molecular formula is C14H13FN4O5. The van der Waals surface area contributed by atoms with Gasteiger partial charge < -0.3 is 15.4 Å². The number of H-pyrrole nitrogens is 1. The molecule has 9 nitrogen and oxygen atoms in total. The third-order valence-corrected chi connectivity index (χ3v) is 3.03. The first-order valence-electron chi connectivity index (χ1n) is 6.59. The summed E-state index contributed by atoms with van der Waals surface area (Å²) in [6, 6.07) is 4.21.